The quantitative estimate of drug-likeness (QED) is 0.470. The maximum Gasteiger partial charge on any atom is 0.335 e. The van der Waals surface area contributed by atoms with Gasteiger partial charge in [-0.1, -0.05) is 20.8 Å². The van der Waals surface area contributed by atoms with E-state index < -0.39 is 66.6 Å². The van der Waals surface area contributed by atoms with Crippen molar-refractivity contribution in [2.75, 3.05) is 6.61 Å². The molecule has 11 heteroatoms. The number of ether oxygens (including phenoxy) is 5. The van der Waals surface area contributed by atoms with Crippen LogP contribution in [0.25, 0.3) is 0 Å². The Bertz CT molecular complexity index is 810. The minimum absolute atomic E-state index is 0.00900. The molecular weight excluding hydrogens is 464 g/mol. The van der Waals surface area contributed by atoms with E-state index >= 15 is 0 Å². The van der Waals surface area contributed by atoms with Gasteiger partial charge in [-0.2, -0.15) is 0 Å². The average Bonchev–Trinajstić information content (AvgIpc) is 2.99. The maximum absolute atomic E-state index is 11.7. The van der Waals surface area contributed by atoms with Crippen molar-refractivity contribution < 1.29 is 53.6 Å². The number of aliphatic hydroxyl groups is 2. The topological polar surface area (TPSA) is 142 Å². The van der Waals surface area contributed by atoms with E-state index in [1.165, 1.54) is 0 Å². The lowest BCUT2D eigenvalue weighted by Crippen LogP contribution is -2.71. The zero-order chi connectivity index (χ0) is 25.3. The normalized spacial score (nSPS) is 55.7. The van der Waals surface area contributed by atoms with Crippen LogP contribution in [-0.2, 0) is 38.3 Å². The van der Waals surface area contributed by atoms with Gasteiger partial charge in [0.25, 0.3) is 0 Å². The molecule has 0 amide bonds. The van der Waals surface area contributed by atoms with Crippen LogP contribution in [0.3, 0.4) is 0 Å². The Morgan fingerprint density at radius 2 is 1.77 bits per heavy atom. The number of rotatable bonds is 5. The molecule has 5 heterocycles. The van der Waals surface area contributed by atoms with Gasteiger partial charge >= 0.3 is 5.97 Å². The molecule has 1 saturated carbocycles. The fourth-order valence-electron chi connectivity index (χ4n) is 7.02. The van der Waals surface area contributed by atoms with E-state index in [1.807, 2.05) is 6.92 Å². The summed E-state index contributed by atoms with van der Waals surface area (Å²) in [6.07, 6.45) is -5.11. The van der Waals surface area contributed by atoms with Crippen LogP contribution in [0.15, 0.2) is 0 Å². The summed E-state index contributed by atoms with van der Waals surface area (Å²) in [7, 11) is 0. The Kier molecular flexibility index (Phi) is 6.72. The van der Waals surface area contributed by atoms with Crippen LogP contribution in [0.5, 0.6) is 0 Å². The summed E-state index contributed by atoms with van der Waals surface area (Å²) in [5.74, 6) is -3.25. The molecule has 6 fully saturated rings. The van der Waals surface area contributed by atoms with Gasteiger partial charge in [0, 0.05) is 36.7 Å². The summed E-state index contributed by atoms with van der Waals surface area (Å²) in [6.45, 7) is 10.1. The van der Waals surface area contributed by atoms with E-state index in [-0.39, 0.29) is 30.1 Å². The van der Waals surface area contributed by atoms with Gasteiger partial charge in [-0.3, -0.25) is 0 Å². The first-order chi connectivity index (χ1) is 16.5. The molecule has 6 rings (SSSR count). The lowest BCUT2D eigenvalue weighted by atomic mass is 9.57. The second-order valence-electron chi connectivity index (χ2n) is 11.1. The summed E-state index contributed by atoms with van der Waals surface area (Å²) in [5, 5.41) is 30.3. The van der Waals surface area contributed by atoms with E-state index in [0.717, 1.165) is 12.8 Å². The van der Waals surface area contributed by atoms with Gasteiger partial charge < -0.3 is 39.0 Å². The monoisotopic (exact) mass is 502 g/mol. The van der Waals surface area contributed by atoms with Crippen LogP contribution in [0, 0.1) is 29.6 Å². The molecule has 1 aliphatic carbocycles. The zero-order valence-corrected chi connectivity index (χ0v) is 20.9. The van der Waals surface area contributed by atoms with Crippen molar-refractivity contribution in [3.63, 3.8) is 0 Å². The zero-order valence-electron chi connectivity index (χ0n) is 20.9. The number of aliphatic hydroxyl groups excluding tert-OH is 2. The maximum atomic E-state index is 11.7. The molecule has 1 spiro atoms. The van der Waals surface area contributed by atoms with Crippen LogP contribution in [0.1, 0.15) is 53.9 Å². The van der Waals surface area contributed by atoms with Crippen molar-refractivity contribution in [3.8, 4) is 0 Å². The number of hydrogen-bond acceptors (Lipinski definition) is 10. The van der Waals surface area contributed by atoms with E-state index in [0.29, 0.717) is 6.61 Å². The van der Waals surface area contributed by atoms with Crippen LogP contribution in [0.2, 0.25) is 0 Å². The standard InChI is InChI=1S/C24H38O11/c1-6-29-20-11(3)13-8-7-10(2)15-14(9-23(5)33-22(32-20)24(13,15)35-34-23)30-21-12(4)16(25)17(26)18(31-21)19(27)28/h10-18,20-22,25-26H,6-9H2,1-5H3,(H,27,28)/t10-,11-,12+,13+,14?,15-,16+,17-,18-,20+,21+,22-,23-,24+/m1/s1. The molecule has 6 aliphatic rings. The summed E-state index contributed by atoms with van der Waals surface area (Å²) in [6, 6.07) is 0. The van der Waals surface area contributed by atoms with Crippen molar-refractivity contribution in [1.29, 1.82) is 0 Å². The number of aliphatic carboxylic acids is 1. The van der Waals surface area contributed by atoms with E-state index in [1.54, 1.807) is 13.8 Å². The molecular formula is C24H38O11. The smallest absolute Gasteiger partial charge is 0.335 e. The molecule has 5 saturated heterocycles. The Morgan fingerprint density at radius 3 is 2.46 bits per heavy atom. The molecule has 0 aromatic rings. The van der Waals surface area contributed by atoms with Gasteiger partial charge in [-0.15, -0.1) is 0 Å². The Hall–Kier alpha value is -0.890. The van der Waals surface area contributed by atoms with Crippen molar-refractivity contribution in [3.05, 3.63) is 0 Å². The first-order valence-corrected chi connectivity index (χ1v) is 12.7. The Balaban J connectivity index is 1.49. The fraction of sp³-hybridized carbons (Fsp3) is 0.958. The lowest BCUT2D eigenvalue weighted by Gasteiger charge is -2.60. The lowest BCUT2D eigenvalue weighted by molar-refractivity contribution is -0.577. The molecule has 0 aromatic heterocycles. The third-order valence-corrected chi connectivity index (χ3v) is 8.82. The average molecular weight is 503 g/mol. The van der Waals surface area contributed by atoms with Crippen molar-refractivity contribution in [2.24, 2.45) is 29.6 Å². The SMILES string of the molecule is CCO[C@H]1O[C@@H]2O[C@@]3(C)CC(O[C@H]4O[C@@H](C(=O)O)[C@H](O)[C@@H](O)[C@@H]4C)[C@H]4[C@H](C)CC[C@@H]([C@H]1C)[C@@]24OO3. The van der Waals surface area contributed by atoms with Gasteiger partial charge in [0.1, 0.15) is 6.10 Å². The van der Waals surface area contributed by atoms with Crippen LogP contribution >= 0.6 is 0 Å². The highest BCUT2D eigenvalue weighted by Crippen LogP contribution is 2.61. The third kappa shape index (κ3) is 3.95. The van der Waals surface area contributed by atoms with Gasteiger partial charge in [0.2, 0.25) is 5.79 Å². The molecule has 35 heavy (non-hydrogen) atoms. The fourth-order valence-corrected chi connectivity index (χ4v) is 7.02. The highest BCUT2D eigenvalue weighted by atomic mass is 17.3. The molecule has 1 unspecified atom stereocenters. The molecule has 0 aromatic carbocycles. The van der Waals surface area contributed by atoms with Crippen LogP contribution in [0.4, 0.5) is 0 Å². The number of fused-ring (bicyclic) bond motifs is 2. The Labute approximate surface area is 204 Å². The van der Waals surface area contributed by atoms with E-state index in [2.05, 4.69) is 13.8 Å². The minimum atomic E-state index is -1.60. The molecule has 3 N–H and O–H groups in total. The molecule has 0 radical (unpaired) electrons. The minimum Gasteiger partial charge on any atom is -0.479 e. The van der Waals surface area contributed by atoms with E-state index in [9.17, 15) is 20.1 Å². The number of hydrogen-bond donors (Lipinski definition) is 3. The summed E-state index contributed by atoms with van der Waals surface area (Å²) in [5.41, 5.74) is -0.951. The highest BCUT2D eigenvalue weighted by Gasteiger charge is 2.72. The number of carboxylic acid groups (broad SMARTS) is 1. The van der Waals surface area contributed by atoms with Crippen molar-refractivity contribution >= 4 is 5.97 Å². The first-order valence-electron chi connectivity index (χ1n) is 12.7. The molecule has 200 valence electrons. The van der Waals surface area contributed by atoms with Gasteiger partial charge in [0.05, 0.1) is 12.2 Å². The third-order valence-electron chi connectivity index (χ3n) is 8.82. The second-order valence-corrected chi connectivity index (χ2v) is 11.1. The van der Waals surface area contributed by atoms with Gasteiger partial charge in [0.15, 0.2) is 30.6 Å². The van der Waals surface area contributed by atoms with Gasteiger partial charge in [-0.05, 0) is 32.6 Å². The highest BCUT2D eigenvalue weighted by molar-refractivity contribution is 5.73. The predicted molar refractivity (Wildman–Crippen MR) is 116 cm³/mol. The van der Waals surface area contributed by atoms with Crippen molar-refractivity contribution in [2.45, 2.75) is 109 Å². The van der Waals surface area contributed by atoms with Crippen molar-refractivity contribution in [1.82, 2.24) is 0 Å². The van der Waals surface area contributed by atoms with Crippen LogP contribution < -0.4 is 0 Å². The second kappa shape index (κ2) is 9.14. The number of carboxylic acids is 1. The molecule has 2 bridgehead atoms. The summed E-state index contributed by atoms with van der Waals surface area (Å²) >= 11 is 0. The summed E-state index contributed by atoms with van der Waals surface area (Å²) in [4.78, 5) is 23.8. The number of carbonyl (C=O) groups is 1. The van der Waals surface area contributed by atoms with Gasteiger partial charge in [-0.25, -0.2) is 14.6 Å². The van der Waals surface area contributed by atoms with E-state index in [4.69, 9.17) is 33.5 Å². The molecule has 11 nitrogen and oxygen atoms in total. The largest absolute Gasteiger partial charge is 0.479 e. The Morgan fingerprint density at radius 1 is 1.03 bits per heavy atom. The first kappa shape index (κ1) is 25.7. The summed E-state index contributed by atoms with van der Waals surface area (Å²) < 4.78 is 30.8. The molecule has 5 aliphatic heterocycles. The molecule has 14 atom stereocenters. The predicted octanol–water partition coefficient (Wildman–Crippen LogP) is 1.39. The van der Waals surface area contributed by atoms with Crippen LogP contribution in [-0.4, -0.2) is 82.6 Å².